The number of imidazole rings is 2. The van der Waals surface area contributed by atoms with Gasteiger partial charge in [-0.15, -0.1) is 0 Å². The molecule has 0 radical (unpaired) electrons. The first-order chi connectivity index (χ1) is 30.7. The van der Waals surface area contributed by atoms with Gasteiger partial charge in [0.2, 0.25) is 11.8 Å². The van der Waals surface area contributed by atoms with Crippen LogP contribution >= 0.6 is 0 Å². The molecule has 4 aromatic carbocycles. The Labute approximate surface area is 376 Å². The summed E-state index contributed by atoms with van der Waals surface area (Å²) in [6.07, 6.45) is 1.86. The van der Waals surface area contributed by atoms with E-state index < -0.39 is 12.3 Å². The van der Waals surface area contributed by atoms with E-state index in [0.29, 0.717) is 13.1 Å². The predicted octanol–water partition coefficient (Wildman–Crippen LogP) is 8.91. The van der Waals surface area contributed by atoms with Crippen molar-refractivity contribution in [3.05, 3.63) is 156 Å². The van der Waals surface area contributed by atoms with Gasteiger partial charge in [0.15, 0.2) is 0 Å². The number of amides is 2. The SMILES string of the molecule is CC(C)(C)[C@H](c1nc(-c2ccccc2)cn1Cc1ccccc1)N1C[C@@H](F)CNCC1=O.CC(C)(C)[C@H](c1nc(-c2ccccc2)cn1Cc1ccccc1)N1C[C@H](F)CNCC1=O. The Bertz CT molecular complexity index is 2260. The van der Waals surface area contributed by atoms with Crippen molar-refractivity contribution in [1.29, 1.82) is 0 Å². The van der Waals surface area contributed by atoms with Crippen LogP contribution in [0.1, 0.15) is 76.4 Å². The zero-order valence-electron chi connectivity index (χ0n) is 37.9. The van der Waals surface area contributed by atoms with Gasteiger partial charge in [-0.3, -0.25) is 9.59 Å². The lowest BCUT2D eigenvalue weighted by Gasteiger charge is -2.39. The van der Waals surface area contributed by atoms with Crippen LogP contribution in [0.15, 0.2) is 134 Å². The molecule has 0 aliphatic carbocycles. The summed E-state index contributed by atoms with van der Waals surface area (Å²) < 4.78 is 33.4. The van der Waals surface area contributed by atoms with Crippen molar-refractivity contribution in [1.82, 2.24) is 39.5 Å². The van der Waals surface area contributed by atoms with Gasteiger partial charge in [-0.2, -0.15) is 0 Å². The summed E-state index contributed by atoms with van der Waals surface area (Å²) in [5.74, 6) is 1.37. The van der Waals surface area contributed by atoms with Crippen molar-refractivity contribution in [2.45, 2.75) is 79.1 Å². The maximum absolute atomic E-state index is 14.6. The Hall–Kier alpha value is -5.98. The topological polar surface area (TPSA) is 100 Å². The fourth-order valence-corrected chi connectivity index (χ4v) is 8.73. The molecule has 0 spiro atoms. The fourth-order valence-electron chi connectivity index (χ4n) is 8.73. The number of carbonyl (C=O) groups is 2. The average molecular weight is 869 g/mol. The highest BCUT2D eigenvalue weighted by atomic mass is 19.1. The quantitative estimate of drug-likeness (QED) is 0.143. The molecule has 336 valence electrons. The van der Waals surface area contributed by atoms with Gasteiger partial charge in [0.05, 0.1) is 49.7 Å². The maximum Gasteiger partial charge on any atom is 0.237 e. The lowest BCUT2D eigenvalue weighted by Crippen LogP contribution is -2.45. The monoisotopic (exact) mass is 868 g/mol. The maximum atomic E-state index is 14.6. The molecule has 2 fully saturated rings. The number of alkyl halides is 2. The number of halogens is 2. The molecule has 2 aliphatic rings. The molecule has 2 aromatic heterocycles. The van der Waals surface area contributed by atoms with Crippen LogP contribution in [0.2, 0.25) is 0 Å². The van der Waals surface area contributed by atoms with E-state index in [1.54, 1.807) is 9.80 Å². The predicted molar refractivity (Wildman–Crippen MR) is 250 cm³/mol. The van der Waals surface area contributed by atoms with Crippen LogP contribution in [0.25, 0.3) is 22.5 Å². The smallest absolute Gasteiger partial charge is 0.237 e. The Morgan fingerprint density at radius 1 is 0.547 bits per heavy atom. The number of rotatable bonds is 10. The molecule has 10 nitrogen and oxygen atoms in total. The summed E-state index contributed by atoms with van der Waals surface area (Å²) in [6, 6.07) is 39.7. The second kappa shape index (κ2) is 20.2. The summed E-state index contributed by atoms with van der Waals surface area (Å²) in [7, 11) is 0. The third-order valence-electron chi connectivity index (χ3n) is 11.6. The molecule has 2 amide bonds. The standard InChI is InChI=1S/2C26H31FN4O/c2*1-26(2,3)24(31-17-21(27)14-28-15-23(31)32)25-29-22(20-12-8-5-9-13-20)18-30(25)16-19-10-6-4-7-11-19/h2*4-13,18,21,24,28H,14-17H2,1-3H3/t21-,24+;21-,24-/m10/s1. The van der Waals surface area contributed by atoms with Crippen LogP contribution in [-0.2, 0) is 22.7 Å². The second-order valence-electron chi connectivity index (χ2n) is 19.0. The summed E-state index contributed by atoms with van der Waals surface area (Å²) in [5, 5.41) is 5.85. The molecule has 4 atom stereocenters. The highest BCUT2D eigenvalue weighted by Crippen LogP contribution is 2.41. The van der Waals surface area contributed by atoms with Gasteiger partial charge in [0.25, 0.3) is 0 Å². The molecule has 0 saturated carbocycles. The zero-order valence-corrected chi connectivity index (χ0v) is 37.9. The molecule has 6 aromatic rings. The van der Waals surface area contributed by atoms with E-state index in [1.165, 1.54) is 0 Å². The molecule has 2 N–H and O–H groups in total. The Kier molecular flexibility index (Phi) is 14.6. The summed E-state index contributed by atoms with van der Waals surface area (Å²) >= 11 is 0. The molecule has 2 saturated heterocycles. The minimum absolute atomic E-state index is 0.0621. The van der Waals surface area contributed by atoms with Crippen LogP contribution < -0.4 is 10.6 Å². The number of nitrogens with zero attached hydrogens (tertiary/aromatic N) is 6. The van der Waals surface area contributed by atoms with E-state index in [9.17, 15) is 18.4 Å². The number of nitrogens with one attached hydrogen (secondary N) is 2. The lowest BCUT2D eigenvalue weighted by atomic mass is 9.84. The highest BCUT2D eigenvalue weighted by Gasteiger charge is 2.41. The van der Waals surface area contributed by atoms with E-state index >= 15 is 0 Å². The number of hydrogen-bond donors (Lipinski definition) is 2. The number of benzene rings is 4. The van der Waals surface area contributed by atoms with E-state index in [4.69, 9.17) is 9.97 Å². The van der Waals surface area contributed by atoms with Crippen LogP contribution in [0.5, 0.6) is 0 Å². The highest BCUT2D eigenvalue weighted by molar-refractivity contribution is 5.80. The van der Waals surface area contributed by atoms with Crippen molar-refractivity contribution in [3.63, 3.8) is 0 Å². The molecular weight excluding hydrogens is 807 g/mol. The van der Waals surface area contributed by atoms with Crippen molar-refractivity contribution >= 4 is 11.8 Å². The van der Waals surface area contributed by atoms with Gasteiger partial charge in [0.1, 0.15) is 24.0 Å². The number of hydrogen-bond acceptors (Lipinski definition) is 6. The van der Waals surface area contributed by atoms with Gasteiger partial charge >= 0.3 is 0 Å². The first kappa shape index (κ1) is 46.0. The van der Waals surface area contributed by atoms with E-state index in [-0.39, 0.29) is 74.0 Å². The third kappa shape index (κ3) is 11.4. The molecule has 64 heavy (non-hydrogen) atoms. The minimum atomic E-state index is -1.11. The minimum Gasteiger partial charge on any atom is -0.328 e. The molecule has 0 bridgehead atoms. The molecule has 2 aliphatic heterocycles. The average Bonchev–Trinajstić information content (AvgIpc) is 3.77. The van der Waals surface area contributed by atoms with Gasteiger partial charge in [-0.05, 0) is 22.0 Å². The van der Waals surface area contributed by atoms with E-state index in [0.717, 1.165) is 45.3 Å². The first-order valence-electron chi connectivity index (χ1n) is 22.3. The molecule has 0 unspecified atom stereocenters. The Balaban J connectivity index is 0.000000191. The molecule has 12 heteroatoms. The fraction of sp³-hybridized carbons (Fsp3) is 0.385. The van der Waals surface area contributed by atoms with Crippen molar-refractivity contribution in [2.75, 3.05) is 39.3 Å². The van der Waals surface area contributed by atoms with Crippen LogP contribution in [0, 0.1) is 10.8 Å². The zero-order chi connectivity index (χ0) is 45.4. The molecule has 4 heterocycles. The lowest BCUT2D eigenvalue weighted by molar-refractivity contribution is -0.136. The first-order valence-corrected chi connectivity index (χ1v) is 22.3. The van der Waals surface area contributed by atoms with Crippen molar-refractivity contribution in [3.8, 4) is 22.5 Å². The van der Waals surface area contributed by atoms with Crippen LogP contribution in [0.3, 0.4) is 0 Å². The third-order valence-corrected chi connectivity index (χ3v) is 11.6. The van der Waals surface area contributed by atoms with Gasteiger partial charge in [0, 0.05) is 49.7 Å². The van der Waals surface area contributed by atoms with Crippen molar-refractivity contribution < 1.29 is 18.4 Å². The Morgan fingerprint density at radius 3 is 1.20 bits per heavy atom. The van der Waals surface area contributed by atoms with Gasteiger partial charge in [-0.25, -0.2) is 18.7 Å². The van der Waals surface area contributed by atoms with Gasteiger partial charge in [-0.1, -0.05) is 163 Å². The summed E-state index contributed by atoms with van der Waals surface area (Å²) in [6.45, 7) is 14.5. The second-order valence-corrected chi connectivity index (χ2v) is 19.0. The largest absolute Gasteiger partial charge is 0.328 e. The van der Waals surface area contributed by atoms with Gasteiger partial charge < -0.3 is 29.6 Å². The number of aromatic nitrogens is 4. The summed E-state index contributed by atoms with van der Waals surface area (Å²) in [5.41, 5.74) is 5.34. The molecular formula is C52H62F2N8O2. The van der Waals surface area contributed by atoms with Crippen LogP contribution in [-0.4, -0.2) is 92.3 Å². The van der Waals surface area contributed by atoms with Crippen molar-refractivity contribution in [2.24, 2.45) is 10.8 Å². The molecule has 8 rings (SSSR count). The summed E-state index contributed by atoms with van der Waals surface area (Å²) in [4.78, 5) is 39.5. The van der Waals surface area contributed by atoms with E-state index in [1.807, 2.05) is 109 Å². The van der Waals surface area contributed by atoms with Crippen LogP contribution in [0.4, 0.5) is 8.78 Å². The number of carbonyl (C=O) groups excluding carboxylic acids is 2. The van der Waals surface area contributed by atoms with E-state index in [2.05, 4.69) is 85.6 Å². The normalized spacial score (nSPS) is 18.4. The Morgan fingerprint density at radius 2 is 0.875 bits per heavy atom.